The number of carbonyl (C=O) groups excluding carboxylic acids is 2. The first-order valence-corrected chi connectivity index (χ1v) is 14.9. The van der Waals surface area contributed by atoms with Gasteiger partial charge in [-0.15, -0.1) is 0 Å². The van der Waals surface area contributed by atoms with Gasteiger partial charge in [-0.2, -0.15) is 0 Å². The molecular weight excluding hydrogens is 534 g/mol. The van der Waals surface area contributed by atoms with Gasteiger partial charge in [-0.05, 0) is 62.1 Å². The van der Waals surface area contributed by atoms with E-state index in [1.54, 1.807) is 42.5 Å². The second-order valence-corrected chi connectivity index (χ2v) is 11.7. The fraction of sp³-hybridized carbons (Fsp3) is 0.333. The molecule has 208 valence electrons. The molecule has 1 N–H and O–H groups in total. The lowest BCUT2D eigenvalue weighted by Gasteiger charge is -2.34. The zero-order valence-electron chi connectivity index (χ0n) is 22.8. The summed E-state index contributed by atoms with van der Waals surface area (Å²) in [4.78, 5) is 28.9. The molecule has 3 aromatic carbocycles. The number of para-hydroxylation sites is 1. The number of nitrogens with one attached hydrogen (secondary N) is 1. The summed E-state index contributed by atoms with van der Waals surface area (Å²) in [6, 6.07) is 21.2. The molecule has 0 fully saturated rings. The van der Waals surface area contributed by atoms with Crippen LogP contribution in [0.25, 0.3) is 0 Å². The van der Waals surface area contributed by atoms with E-state index in [-0.39, 0.29) is 34.1 Å². The van der Waals surface area contributed by atoms with Crippen LogP contribution in [0.1, 0.15) is 44.7 Å². The number of anilines is 1. The van der Waals surface area contributed by atoms with Gasteiger partial charge >= 0.3 is 0 Å². The quantitative estimate of drug-likeness (QED) is 0.309. The molecule has 3 aromatic rings. The van der Waals surface area contributed by atoms with Crippen LogP contribution < -0.4 is 9.62 Å². The molecule has 3 rings (SSSR count). The molecular formula is C30H36ClN3O4S. The summed E-state index contributed by atoms with van der Waals surface area (Å²) in [5, 5.41) is 3.17. The van der Waals surface area contributed by atoms with Crippen LogP contribution in [0.3, 0.4) is 0 Å². The van der Waals surface area contributed by atoms with Gasteiger partial charge in [-0.1, -0.05) is 80.0 Å². The van der Waals surface area contributed by atoms with Gasteiger partial charge in [0.2, 0.25) is 11.8 Å². The van der Waals surface area contributed by atoms with E-state index in [1.165, 1.54) is 17.0 Å². The van der Waals surface area contributed by atoms with E-state index in [1.807, 2.05) is 52.0 Å². The molecule has 0 bridgehead atoms. The first kappa shape index (κ1) is 30.2. The summed E-state index contributed by atoms with van der Waals surface area (Å²) >= 11 is 6.44. The van der Waals surface area contributed by atoms with Crippen LogP contribution in [0.4, 0.5) is 5.69 Å². The van der Waals surface area contributed by atoms with Crippen molar-refractivity contribution >= 4 is 39.1 Å². The topological polar surface area (TPSA) is 86.8 Å². The molecule has 0 radical (unpaired) electrons. The highest BCUT2D eigenvalue weighted by molar-refractivity contribution is 7.92. The maximum absolute atomic E-state index is 14.1. The third kappa shape index (κ3) is 7.40. The molecule has 0 heterocycles. The number of aryl methyl sites for hydroxylation is 1. The Kier molecular flexibility index (Phi) is 10.5. The smallest absolute Gasteiger partial charge is 0.264 e. The molecule has 0 saturated heterocycles. The number of amides is 2. The summed E-state index contributed by atoms with van der Waals surface area (Å²) in [6.45, 7) is 7.28. The van der Waals surface area contributed by atoms with Gasteiger partial charge in [0, 0.05) is 12.6 Å². The highest BCUT2D eigenvalue weighted by Gasteiger charge is 2.34. The molecule has 7 nitrogen and oxygen atoms in total. The highest BCUT2D eigenvalue weighted by Crippen LogP contribution is 2.31. The van der Waals surface area contributed by atoms with Gasteiger partial charge < -0.3 is 10.2 Å². The number of carbonyl (C=O) groups is 2. The lowest BCUT2D eigenvalue weighted by atomic mass is 10.1. The minimum Gasteiger partial charge on any atom is -0.352 e. The largest absolute Gasteiger partial charge is 0.352 e. The molecule has 9 heteroatoms. The molecule has 0 aliphatic carbocycles. The van der Waals surface area contributed by atoms with E-state index in [2.05, 4.69) is 5.32 Å². The van der Waals surface area contributed by atoms with E-state index in [0.29, 0.717) is 6.42 Å². The molecule has 2 unspecified atom stereocenters. The molecule has 0 aromatic heterocycles. The Bertz CT molecular complexity index is 1380. The maximum Gasteiger partial charge on any atom is 0.264 e. The fourth-order valence-corrected chi connectivity index (χ4v) is 5.96. The predicted molar refractivity (Wildman–Crippen MR) is 156 cm³/mol. The Labute approximate surface area is 236 Å². The molecule has 2 atom stereocenters. The minimum absolute atomic E-state index is 0.0322. The van der Waals surface area contributed by atoms with Crippen molar-refractivity contribution in [1.82, 2.24) is 10.2 Å². The van der Waals surface area contributed by atoms with Gasteiger partial charge in [-0.3, -0.25) is 13.9 Å². The van der Waals surface area contributed by atoms with Crippen LogP contribution in [0.5, 0.6) is 0 Å². The Morgan fingerprint density at radius 1 is 0.897 bits per heavy atom. The SMILES string of the molecule is CCC(C)NC(=O)C(CC)N(Cc1ccccc1C)C(=O)CN(c1ccccc1Cl)S(=O)(=O)c1ccccc1. The van der Waals surface area contributed by atoms with Gasteiger partial charge in [0.25, 0.3) is 10.0 Å². The van der Waals surface area contributed by atoms with Crippen LogP contribution in [0.2, 0.25) is 5.02 Å². The summed E-state index contributed by atoms with van der Waals surface area (Å²) in [5.41, 5.74) is 2.02. The van der Waals surface area contributed by atoms with Crippen molar-refractivity contribution in [2.45, 2.75) is 64.1 Å². The van der Waals surface area contributed by atoms with Gasteiger partial charge in [0.1, 0.15) is 12.6 Å². The molecule has 0 aliphatic heterocycles. The summed E-state index contributed by atoms with van der Waals surface area (Å²) in [6.07, 6.45) is 1.10. The first-order valence-electron chi connectivity index (χ1n) is 13.1. The summed E-state index contributed by atoms with van der Waals surface area (Å²) in [5.74, 6) is -0.784. The lowest BCUT2D eigenvalue weighted by Crippen LogP contribution is -2.53. The first-order chi connectivity index (χ1) is 18.6. The third-order valence-corrected chi connectivity index (χ3v) is 8.81. The standard InChI is InChI=1S/C30H36ClN3O4S/c1-5-23(4)32-30(36)27(6-2)33(20-24-15-11-10-14-22(24)3)29(35)21-34(28-19-13-12-18-26(28)31)39(37,38)25-16-8-7-9-17-25/h7-19,23,27H,5-6,20-21H2,1-4H3,(H,32,36). The van der Waals surface area contributed by atoms with E-state index in [0.717, 1.165) is 21.9 Å². The van der Waals surface area contributed by atoms with Crippen molar-refractivity contribution in [3.05, 3.63) is 95.0 Å². The Balaban J connectivity index is 2.07. The molecule has 2 amide bonds. The van der Waals surface area contributed by atoms with Crippen LogP contribution in [0, 0.1) is 6.92 Å². The van der Waals surface area contributed by atoms with E-state index >= 15 is 0 Å². The number of hydrogen-bond donors (Lipinski definition) is 1. The van der Waals surface area contributed by atoms with Crippen LogP contribution in [0.15, 0.2) is 83.8 Å². The van der Waals surface area contributed by atoms with Crippen LogP contribution in [-0.2, 0) is 26.2 Å². The van der Waals surface area contributed by atoms with Crippen LogP contribution in [-0.4, -0.2) is 43.8 Å². The van der Waals surface area contributed by atoms with E-state index in [4.69, 9.17) is 11.6 Å². The van der Waals surface area contributed by atoms with Crippen molar-refractivity contribution in [2.24, 2.45) is 0 Å². The zero-order valence-corrected chi connectivity index (χ0v) is 24.4. The minimum atomic E-state index is -4.16. The number of rotatable bonds is 12. The third-order valence-electron chi connectivity index (χ3n) is 6.72. The second-order valence-electron chi connectivity index (χ2n) is 9.47. The maximum atomic E-state index is 14.1. The second kappa shape index (κ2) is 13.6. The normalized spacial score (nSPS) is 12.8. The number of halogens is 1. The number of benzene rings is 3. The summed E-state index contributed by atoms with van der Waals surface area (Å²) < 4.78 is 28.7. The highest BCUT2D eigenvalue weighted by atomic mass is 35.5. The van der Waals surface area contributed by atoms with Crippen molar-refractivity contribution < 1.29 is 18.0 Å². The average Bonchev–Trinajstić information content (AvgIpc) is 2.93. The van der Waals surface area contributed by atoms with Crippen molar-refractivity contribution in [3.8, 4) is 0 Å². The monoisotopic (exact) mass is 569 g/mol. The predicted octanol–water partition coefficient (Wildman–Crippen LogP) is 5.57. The van der Waals surface area contributed by atoms with Gasteiger partial charge in [-0.25, -0.2) is 8.42 Å². The van der Waals surface area contributed by atoms with E-state index < -0.39 is 28.5 Å². The van der Waals surface area contributed by atoms with Crippen molar-refractivity contribution in [1.29, 1.82) is 0 Å². The van der Waals surface area contributed by atoms with Crippen molar-refractivity contribution in [2.75, 3.05) is 10.8 Å². The van der Waals surface area contributed by atoms with Crippen molar-refractivity contribution in [3.63, 3.8) is 0 Å². The number of nitrogens with zero attached hydrogens (tertiary/aromatic N) is 2. The van der Waals surface area contributed by atoms with Crippen LogP contribution >= 0.6 is 11.6 Å². The fourth-order valence-electron chi connectivity index (χ4n) is 4.22. The molecule has 0 aliphatic rings. The Morgan fingerprint density at radius 2 is 1.51 bits per heavy atom. The van der Waals surface area contributed by atoms with Gasteiger partial charge in [0.05, 0.1) is 15.6 Å². The lowest BCUT2D eigenvalue weighted by molar-refractivity contribution is -0.140. The molecule has 39 heavy (non-hydrogen) atoms. The summed E-state index contributed by atoms with van der Waals surface area (Å²) in [7, 11) is -4.16. The molecule has 0 spiro atoms. The molecule has 0 saturated carbocycles. The average molecular weight is 570 g/mol. The Morgan fingerprint density at radius 3 is 2.13 bits per heavy atom. The zero-order chi connectivity index (χ0) is 28.6. The number of hydrogen-bond acceptors (Lipinski definition) is 4. The van der Waals surface area contributed by atoms with E-state index in [9.17, 15) is 18.0 Å². The van der Waals surface area contributed by atoms with Gasteiger partial charge in [0.15, 0.2) is 0 Å². The Hall–Kier alpha value is -3.36. The number of sulfonamides is 1.